The second kappa shape index (κ2) is 8.17. The van der Waals surface area contributed by atoms with Crippen molar-refractivity contribution in [2.75, 3.05) is 13.7 Å². The van der Waals surface area contributed by atoms with E-state index in [0.29, 0.717) is 27.3 Å². The molecule has 0 fully saturated rings. The Morgan fingerprint density at radius 2 is 2.11 bits per heavy atom. The summed E-state index contributed by atoms with van der Waals surface area (Å²) >= 11 is 3.35. The van der Waals surface area contributed by atoms with Crippen molar-refractivity contribution in [2.45, 2.75) is 6.54 Å². The molecule has 0 aliphatic rings. The first-order chi connectivity index (χ1) is 13.0. The van der Waals surface area contributed by atoms with Crippen LogP contribution in [-0.2, 0) is 13.6 Å². The molecule has 140 valence electrons. The average molecular weight is 432 g/mol. The summed E-state index contributed by atoms with van der Waals surface area (Å²) in [5, 5.41) is 7.10. The quantitative estimate of drug-likeness (QED) is 0.642. The lowest BCUT2D eigenvalue weighted by Crippen LogP contribution is -2.31. The number of ether oxygens (including phenoxy) is 1. The number of hydrogen-bond acceptors (Lipinski definition) is 5. The van der Waals surface area contributed by atoms with Crippen LogP contribution < -0.4 is 15.7 Å². The van der Waals surface area contributed by atoms with Crippen molar-refractivity contribution in [2.24, 2.45) is 7.05 Å². The van der Waals surface area contributed by atoms with Crippen molar-refractivity contribution in [3.8, 4) is 17.3 Å². The standard InChI is InChI=1S/C18H18BrN5O3/c1-23-16(15-5-3-4-8-20-15)22-24(18(23)26)10-9-21-17(25)13-11-12(27-2)6-7-14(13)19/h3-8,11H,9-10H2,1-2H3,(H,21,25). The van der Waals surface area contributed by atoms with E-state index in [4.69, 9.17) is 4.74 Å². The van der Waals surface area contributed by atoms with Gasteiger partial charge in [-0.2, -0.15) is 0 Å². The Balaban J connectivity index is 1.69. The predicted molar refractivity (Wildman–Crippen MR) is 104 cm³/mol. The van der Waals surface area contributed by atoms with Crippen LogP contribution in [-0.4, -0.2) is 38.9 Å². The van der Waals surface area contributed by atoms with Gasteiger partial charge in [0.1, 0.15) is 11.4 Å². The molecule has 0 saturated carbocycles. The molecule has 9 heteroatoms. The maximum Gasteiger partial charge on any atom is 0.346 e. The molecule has 0 aliphatic heterocycles. The molecule has 2 heterocycles. The van der Waals surface area contributed by atoms with Gasteiger partial charge in [-0.05, 0) is 46.3 Å². The summed E-state index contributed by atoms with van der Waals surface area (Å²) in [6, 6.07) is 10.6. The number of carbonyl (C=O) groups is 1. The largest absolute Gasteiger partial charge is 0.497 e. The number of hydrogen-bond donors (Lipinski definition) is 1. The van der Waals surface area contributed by atoms with Crippen LogP contribution in [0.4, 0.5) is 0 Å². The molecule has 3 aromatic rings. The molecule has 0 atom stereocenters. The zero-order valence-electron chi connectivity index (χ0n) is 14.8. The van der Waals surface area contributed by atoms with Crippen LogP contribution in [0, 0.1) is 0 Å². The van der Waals surface area contributed by atoms with E-state index in [1.54, 1.807) is 43.6 Å². The first kappa shape index (κ1) is 18.8. The topological polar surface area (TPSA) is 91.0 Å². The third kappa shape index (κ3) is 4.08. The van der Waals surface area contributed by atoms with E-state index >= 15 is 0 Å². The number of halogens is 1. The molecule has 2 aromatic heterocycles. The SMILES string of the molecule is COc1ccc(Br)c(C(=O)NCCn2nc(-c3ccccn3)n(C)c2=O)c1. The zero-order chi connectivity index (χ0) is 19.4. The molecular formula is C18H18BrN5O3. The molecule has 0 spiro atoms. The molecule has 8 nitrogen and oxygen atoms in total. The van der Waals surface area contributed by atoms with Crippen LogP contribution in [0.3, 0.4) is 0 Å². The summed E-state index contributed by atoms with van der Waals surface area (Å²) in [5.41, 5.74) is 0.796. The summed E-state index contributed by atoms with van der Waals surface area (Å²) in [6.07, 6.45) is 1.64. The summed E-state index contributed by atoms with van der Waals surface area (Å²) in [5.74, 6) is 0.793. The Hall–Kier alpha value is -2.94. The van der Waals surface area contributed by atoms with Gasteiger partial charge in [0.15, 0.2) is 5.82 Å². The first-order valence-corrected chi connectivity index (χ1v) is 8.97. The molecule has 0 radical (unpaired) electrons. The second-order valence-corrected chi connectivity index (χ2v) is 6.56. The number of pyridine rings is 1. The third-order valence-electron chi connectivity index (χ3n) is 3.96. The monoisotopic (exact) mass is 431 g/mol. The maximum atomic E-state index is 12.4. The molecule has 27 heavy (non-hydrogen) atoms. The van der Waals surface area contributed by atoms with E-state index in [1.807, 2.05) is 6.07 Å². The van der Waals surface area contributed by atoms with Crippen LogP contribution in [0.2, 0.25) is 0 Å². The van der Waals surface area contributed by atoms with Gasteiger partial charge >= 0.3 is 5.69 Å². The Labute approximate surface area is 163 Å². The van der Waals surface area contributed by atoms with Crippen molar-refractivity contribution < 1.29 is 9.53 Å². The molecule has 1 N–H and O–H groups in total. The van der Waals surface area contributed by atoms with Gasteiger partial charge in [-0.3, -0.25) is 14.3 Å². The smallest absolute Gasteiger partial charge is 0.346 e. The zero-order valence-corrected chi connectivity index (χ0v) is 16.4. The minimum Gasteiger partial charge on any atom is -0.497 e. The molecule has 0 aliphatic carbocycles. The summed E-state index contributed by atoms with van der Waals surface area (Å²) in [6.45, 7) is 0.494. The lowest BCUT2D eigenvalue weighted by Gasteiger charge is -2.08. The average Bonchev–Trinajstić information content (AvgIpc) is 2.97. The lowest BCUT2D eigenvalue weighted by molar-refractivity contribution is 0.0950. The van der Waals surface area contributed by atoms with Crippen LogP contribution in [0.15, 0.2) is 51.9 Å². The van der Waals surface area contributed by atoms with Gasteiger partial charge in [-0.1, -0.05) is 6.07 Å². The summed E-state index contributed by atoms with van der Waals surface area (Å²) < 4.78 is 8.55. The normalized spacial score (nSPS) is 10.6. The van der Waals surface area contributed by atoms with E-state index in [0.717, 1.165) is 0 Å². The molecule has 0 saturated heterocycles. The predicted octanol–water partition coefficient (Wildman–Crippen LogP) is 1.84. The van der Waals surface area contributed by atoms with Crippen molar-refractivity contribution in [1.82, 2.24) is 24.6 Å². The van der Waals surface area contributed by atoms with Gasteiger partial charge in [-0.25, -0.2) is 9.48 Å². The minimum absolute atomic E-state index is 0.243. The number of nitrogens with zero attached hydrogens (tertiary/aromatic N) is 4. The number of carbonyl (C=O) groups excluding carboxylic acids is 1. The van der Waals surface area contributed by atoms with Gasteiger partial charge in [0.05, 0.1) is 19.2 Å². The van der Waals surface area contributed by atoms with Gasteiger partial charge in [0.25, 0.3) is 5.91 Å². The van der Waals surface area contributed by atoms with Crippen LogP contribution >= 0.6 is 15.9 Å². The lowest BCUT2D eigenvalue weighted by atomic mass is 10.2. The summed E-state index contributed by atoms with van der Waals surface area (Å²) in [4.78, 5) is 28.9. The second-order valence-electron chi connectivity index (χ2n) is 5.70. The van der Waals surface area contributed by atoms with Crippen LogP contribution in [0.5, 0.6) is 5.75 Å². The van der Waals surface area contributed by atoms with E-state index in [2.05, 4.69) is 31.3 Å². The number of benzene rings is 1. The Morgan fingerprint density at radius 3 is 2.81 bits per heavy atom. The van der Waals surface area contributed by atoms with Crippen molar-refractivity contribution in [1.29, 1.82) is 0 Å². The third-order valence-corrected chi connectivity index (χ3v) is 4.65. The highest BCUT2D eigenvalue weighted by atomic mass is 79.9. The van der Waals surface area contributed by atoms with Crippen molar-refractivity contribution >= 4 is 21.8 Å². The maximum absolute atomic E-state index is 12.4. The van der Waals surface area contributed by atoms with Gasteiger partial charge in [0, 0.05) is 24.3 Å². The van der Waals surface area contributed by atoms with Gasteiger partial charge in [-0.15, -0.1) is 5.10 Å². The van der Waals surface area contributed by atoms with Crippen LogP contribution in [0.25, 0.3) is 11.5 Å². The highest BCUT2D eigenvalue weighted by molar-refractivity contribution is 9.10. The fraction of sp³-hybridized carbons (Fsp3) is 0.222. The van der Waals surface area contributed by atoms with E-state index < -0.39 is 0 Å². The molecule has 0 bridgehead atoms. The minimum atomic E-state index is -0.271. The van der Waals surface area contributed by atoms with E-state index in [1.165, 1.54) is 16.4 Å². The van der Waals surface area contributed by atoms with Crippen molar-refractivity contribution in [3.63, 3.8) is 0 Å². The van der Waals surface area contributed by atoms with Gasteiger partial charge < -0.3 is 10.1 Å². The van der Waals surface area contributed by atoms with Gasteiger partial charge in [0.2, 0.25) is 0 Å². The number of rotatable bonds is 6. The highest BCUT2D eigenvalue weighted by Crippen LogP contribution is 2.22. The summed E-state index contributed by atoms with van der Waals surface area (Å²) in [7, 11) is 3.18. The first-order valence-electron chi connectivity index (χ1n) is 8.18. The molecule has 0 unspecified atom stereocenters. The Morgan fingerprint density at radius 1 is 1.30 bits per heavy atom. The number of methoxy groups -OCH3 is 1. The molecular weight excluding hydrogens is 414 g/mol. The van der Waals surface area contributed by atoms with E-state index in [-0.39, 0.29) is 24.7 Å². The molecule has 1 aromatic carbocycles. The van der Waals surface area contributed by atoms with Crippen LogP contribution in [0.1, 0.15) is 10.4 Å². The number of aromatic nitrogens is 4. The fourth-order valence-corrected chi connectivity index (χ4v) is 2.95. The van der Waals surface area contributed by atoms with E-state index in [9.17, 15) is 9.59 Å². The highest BCUT2D eigenvalue weighted by Gasteiger charge is 2.14. The number of amides is 1. The molecule has 1 amide bonds. The Kier molecular flexibility index (Phi) is 5.70. The molecule has 3 rings (SSSR count). The van der Waals surface area contributed by atoms with Crippen molar-refractivity contribution in [3.05, 3.63) is 63.1 Å². The fourth-order valence-electron chi connectivity index (χ4n) is 2.53. The number of nitrogens with one attached hydrogen (secondary N) is 1. The Bertz CT molecular complexity index is 1010.